The Morgan fingerprint density at radius 2 is 1.88 bits per heavy atom. The van der Waals surface area contributed by atoms with E-state index in [-0.39, 0.29) is 6.10 Å². The van der Waals surface area contributed by atoms with Crippen molar-refractivity contribution in [1.29, 1.82) is 0 Å². The van der Waals surface area contributed by atoms with E-state index in [0.717, 1.165) is 5.75 Å². The Kier molecular flexibility index (Phi) is 3.33. The van der Waals surface area contributed by atoms with Crippen LogP contribution in [0.3, 0.4) is 0 Å². The van der Waals surface area contributed by atoms with Crippen LogP contribution in [0.4, 0.5) is 0 Å². The second-order valence-electron chi connectivity index (χ2n) is 4.53. The lowest BCUT2D eigenvalue weighted by Gasteiger charge is -2.33. The van der Waals surface area contributed by atoms with Gasteiger partial charge in [-0.3, -0.25) is 4.79 Å². The summed E-state index contributed by atoms with van der Waals surface area (Å²) in [5.74, 6) is 0.192. The summed E-state index contributed by atoms with van der Waals surface area (Å²) in [5, 5.41) is 9.90. The van der Waals surface area contributed by atoms with E-state index < -0.39 is 11.5 Å². The molecular formula is C13H17NO3. The number of amides is 1. The third-order valence-electron chi connectivity index (χ3n) is 3.26. The van der Waals surface area contributed by atoms with Gasteiger partial charge in [-0.05, 0) is 37.8 Å². The number of hydrogen-bond acceptors (Lipinski definition) is 3. The van der Waals surface area contributed by atoms with Gasteiger partial charge < -0.3 is 15.6 Å². The number of benzene rings is 1. The number of para-hydroxylation sites is 1. The summed E-state index contributed by atoms with van der Waals surface area (Å²) in [4.78, 5) is 11.1. The number of aliphatic hydroxyl groups is 1. The van der Waals surface area contributed by atoms with E-state index in [1.807, 2.05) is 30.3 Å². The zero-order chi connectivity index (χ0) is 12.3. The first-order chi connectivity index (χ1) is 8.10. The van der Waals surface area contributed by atoms with Crippen LogP contribution in [-0.2, 0) is 4.79 Å². The smallest absolute Gasteiger partial charge is 0.249 e. The van der Waals surface area contributed by atoms with Crippen LogP contribution in [0.1, 0.15) is 25.7 Å². The highest BCUT2D eigenvalue weighted by Gasteiger charge is 2.38. The Morgan fingerprint density at radius 3 is 2.41 bits per heavy atom. The molecule has 1 aromatic carbocycles. The van der Waals surface area contributed by atoms with Crippen LogP contribution in [0, 0.1) is 0 Å². The molecule has 1 fully saturated rings. The normalized spacial score (nSPS) is 28.6. The molecule has 4 heteroatoms. The zero-order valence-corrected chi connectivity index (χ0v) is 9.63. The number of hydrogen-bond donors (Lipinski definition) is 2. The fourth-order valence-corrected chi connectivity index (χ4v) is 2.12. The van der Waals surface area contributed by atoms with Crippen molar-refractivity contribution in [1.82, 2.24) is 0 Å². The van der Waals surface area contributed by atoms with Gasteiger partial charge >= 0.3 is 0 Å². The molecule has 17 heavy (non-hydrogen) atoms. The van der Waals surface area contributed by atoms with Gasteiger partial charge in [0, 0.05) is 0 Å². The maximum atomic E-state index is 11.1. The number of primary amides is 1. The largest absolute Gasteiger partial charge is 0.490 e. The van der Waals surface area contributed by atoms with E-state index in [9.17, 15) is 9.90 Å². The Hall–Kier alpha value is -1.55. The summed E-state index contributed by atoms with van der Waals surface area (Å²) < 4.78 is 5.77. The van der Waals surface area contributed by atoms with E-state index in [1.54, 1.807) is 0 Å². The average Bonchev–Trinajstić information content (AvgIpc) is 2.33. The van der Waals surface area contributed by atoms with Gasteiger partial charge in [-0.25, -0.2) is 0 Å². The summed E-state index contributed by atoms with van der Waals surface area (Å²) in [7, 11) is 0. The highest BCUT2D eigenvalue weighted by atomic mass is 16.5. The number of ether oxygens (including phenoxy) is 1. The molecule has 2 rings (SSSR count). The van der Waals surface area contributed by atoms with Crippen molar-refractivity contribution in [2.75, 3.05) is 0 Å². The standard InChI is InChI=1S/C13H17NO3/c14-12(15)13(16)8-6-11(7-9-13)17-10-4-2-1-3-5-10/h1-5,11,16H,6-9H2,(H2,14,15). The molecule has 1 aliphatic carbocycles. The summed E-state index contributed by atoms with van der Waals surface area (Å²) in [5.41, 5.74) is 3.83. The first-order valence-corrected chi connectivity index (χ1v) is 5.84. The minimum absolute atomic E-state index is 0.0528. The second kappa shape index (κ2) is 4.75. The van der Waals surface area contributed by atoms with Gasteiger partial charge in [0.25, 0.3) is 0 Å². The first-order valence-electron chi connectivity index (χ1n) is 5.84. The van der Waals surface area contributed by atoms with Crippen LogP contribution in [0.5, 0.6) is 5.75 Å². The first kappa shape index (κ1) is 11.9. The summed E-state index contributed by atoms with van der Waals surface area (Å²) in [6.45, 7) is 0. The van der Waals surface area contributed by atoms with E-state index in [1.165, 1.54) is 0 Å². The average molecular weight is 235 g/mol. The molecule has 0 saturated heterocycles. The lowest BCUT2D eigenvalue weighted by atomic mass is 9.83. The van der Waals surface area contributed by atoms with Crippen molar-refractivity contribution < 1.29 is 14.6 Å². The monoisotopic (exact) mass is 235 g/mol. The van der Waals surface area contributed by atoms with Crippen molar-refractivity contribution in [3.63, 3.8) is 0 Å². The van der Waals surface area contributed by atoms with Gasteiger partial charge in [0.05, 0.1) is 6.10 Å². The van der Waals surface area contributed by atoms with Crippen LogP contribution in [-0.4, -0.2) is 22.7 Å². The minimum atomic E-state index is -1.34. The molecule has 0 aromatic heterocycles. The maximum absolute atomic E-state index is 11.1. The number of nitrogens with two attached hydrogens (primary N) is 1. The molecule has 0 bridgehead atoms. The number of carbonyl (C=O) groups is 1. The van der Waals surface area contributed by atoms with E-state index >= 15 is 0 Å². The van der Waals surface area contributed by atoms with Crippen LogP contribution < -0.4 is 10.5 Å². The molecule has 92 valence electrons. The molecule has 0 atom stereocenters. The van der Waals surface area contributed by atoms with E-state index in [0.29, 0.717) is 25.7 Å². The second-order valence-corrected chi connectivity index (χ2v) is 4.53. The molecule has 0 unspecified atom stereocenters. The number of rotatable bonds is 3. The lowest BCUT2D eigenvalue weighted by molar-refractivity contribution is -0.141. The highest BCUT2D eigenvalue weighted by molar-refractivity contribution is 5.83. The van der Waals surface area contributed by atoms with Crippen molar-refractivity contribution in [3.05, 3.63) is 30.3 Å². The predicted molar refractivity (Wildman–Crippen MR) is 63.5 cm³/mol. The van der Waals surface area contributed by atoms with E-state index in [2.05, 4.69) is 0 Å². The minimum Gasteiger partial charge on any atom is -0.490 e. The van der Waals surface area contributed by atoms with Gasteiger partial charge in [0.1, 0.15) is 11.4 Å². The predicted octanol–water partition coefficient (Wildman–Crippen LogP) is 1.22. The summed E-state index contributed by atoms with van der Waals surface area (Å²) in [6.07, 6.45) is 2.10. The Bertz CT molecular complexity index is 383. The molecule has 0 aliphatic heterocycles. The Labute approximate surface area is 100 Å². The molecule has 4 nitrogen and oxygen atoms in total. The maximum Gasteiger partial charge on any atom is 0.249 e. The molecule has 1 saturated carbocycles. The van der Waals surface area contributed by atoms with Crippen molar-refractivity contribution >= 4 is 5.91 Å². The van der Waals surface area contributed by atoms with Crippen LogP contribution in [0.2, 0.25) is 0 Å². The SMILES string of the molecule is NC(=O)C1(O)CCC(Oc2ccccc2)CC1. The fraction of sp³-hybridized carbons (Fsp3) is 0.462. The molecule has 1 aromatic rings. The van der Waals surface area contributed by atoms with Crippen LogP contribution in [0.15, 0.2) is 30.3 Å². The van der Waals surface area contributed by atoms with Gasteiger partial charge in [0.15, 0.2) is 0 Å². The topological polar surface area (TPSA) is 72.6 Å². The third kappa shape index (κ3) is 2.77. The van der Waals surface area contributed by atoms with Gasteiger partial charge in [-0.15, -0.1) is 0 Å². The van der Waals surface area contributed by atoms with Crippen LogP contribution >= 0.6 is 0 Å². The Morgan fingerprint density at radius 1 is 1.29 bits per heavy atom. The Balaban J connectivity index is 1.90. The third-order valence-corrected chi connectivity index (χ3v) is 3.26. The quantitative estimate of drug-likeness (QED) is 0.827. The summed E-state index contributed by atoms with van der Waals surface area (Å²) in [6, 6.07) is 9.55. The van der Waals surface area contributed by atoms with Crippen molar-refractivity contribution in [2.24, 2.45) is 5.73 Å². The van der Waals surface area contributed by atoms with Crippen molar-refractivity contribution in [3.8, 4) is 5.75 Å². The highest BCUT2D eigenvalue weighted by Crippen LogP contribution is 2.30. The molecule has 3 N–H and O–H groups in total. The van der Waals surface area contributed by atoms with Gasteiger partial charge in [0.2, 0.25) is 5.91 Å². The molecule has 0 spiro atoms. The van der Waals surface area contributed by atoms with Crippen molar-refractivity contribution in [2.45, 2.75) is 37.4 Å². The van der Waals surface area contributed by atoms with Gasteiger partial charge in [-0.1, -0.05) is 18.2 Å². The summed E-state index contributed by atoms with van der Waals surface area (Å²) >= 11 is 0. The lowest BCUT2D eigenvalue weighted by Crippen LogP contribution is -2.48. The molecular weight excluding hydrogens is 218 g/mol. The zero-order valence-electron chi connectivity index (χ0n) is 9.63. The fourth-order valence-electron chi connectivity index (χ4n) is 2.12. The number of carbonyl (C=O) groups excluding carboxylic acids is 1. The molecule has 0 radical (unpaired) electrons. The van der Waals surface area contributed by atoms with E-state index in [4.69, 9.17) is 10.5 Å². The molecule has 0 heterocycles. The van der Waals surface area contributed by atoms with Gasteiger partial charge in [-0.2, -0.15) is 0 Å². The van der Waals surface area contributed by atoms with Crippen LogP contribution in [0.25, 0.3) is 0 Å². The molecule has 1 aliphatic rings. The molecule has 1 amide bonds.